The first-order valence-corrected chi connectivity index (χ1v) is 7.84. The second-order valence-electron chi connectivity index (χ2n) is 5.97. The smallest absolute Gasteiger partial charge is 0.196 e. The van der Waals surface area contributed by atoms with E-state index in [0.717, 1.165) is 11.1 Å². The summed E-state index contributed by atoms with van der Waals surface area (Å²) in [5.74, 6) is -0.139. The van der Waals surface area contributed by atoms with Gasteiger partial charge in [-0.2, -0.15) is 0 Å². The van der Waals surface area contributed by atoms with Gasteiger partial charge in [-0.1, -0.05) is 54.6 Å². The number of hydrogen-bond acceptors (Lipinski definition) is 3. The SMILES string of the molecule is CC(=O)c1c(C)nc2c(c1-c1ccccc1)C(=O)c1ccccc1-2. The molecule has 1 aliphatic rings. The molecule has 0 saturated carbocycles. The summed E-state index contributed by atoms with van der Waals surface area (Å²) in [5, 5.41) is 0. The second kappa shape index (κ2) is 5.24. The number of benzene rings is 2. The summed E-state index contributed by atoms with van der Waals surface area (Å²) in [6, 6.07) is 17.1. The van der Waals surface area contributed by atoms with Gasteiger partial charge < -0.3 is 0 Å². The molecule has 1 aromatic heterocycles. The lowest BCUT2D eigenvalue weighted by molar-refractivity contribution is 0.101. The first kappa shape index (κ1) is 14.5. The summed E-state index contributed by atoms with van der Waals surface area (Å²) in [4.78, 5) is 29.9. The molecule has 1 heterocycles. The Hall–Kier alpha value is -3.07. The average Bonchev–Trinajstić information content (AvgIpc) is 2.87. The molecule has 0 spiro atoms. The maximum absolute atomic E-state index is 13.0. The van der Waals surface area contributed by atoms with Crippen molar-refractivity contribution in [3.8, 4) is 22.4 Å². The molecule has 0 atom stereocenters. The number of pyridine rings is 1. The Morgan fingerprint density at radius 3 is 2.17 bits per heavy atom. The van der Waals surface area contributed by atoms with Crippen LogP contribution in [0.5, 0.6) is 0 Å². The molecule has 0 N–H and O–H groups in total. The van der Waals surface area contributed by atoms with Gasteiger partial charge in [0.25, 0.3) is 0 Å². The zero-order valence-electron chi connectivity index (χ0n) is 13.5. The van der Waals surface area contributed by atoms with Crippen molar-refractivity contribution in [1.82, 2.24) is 4.98 Å². The molecule has 0 amide bonds. The van der Waals surface area contributed by atoms with E-state index in [9.17, 15) is 9.59 Å². The number of Topliss-reactive ketones (excluding diaryl/α,β-unsaturated/α-hetero) is 1. The lowest BCUT2D eigenvalue weighted by atomic mass is 9.90. The fraction of sp³-hybridized carbons (Fsp3) is 0.0952. The molecule has 0 unspecified atom stereocenters. The second-order valence-corrected chi connectivity index (χ2v) is 5.97. The van der Waals surface area contributed by atoms with Crippen LogP contribution in [0.2, 0.25) is 0 Å². The standard InChI is InChI=1S/C21H15NO2/c1-12-17(13(2)23)18(14-8-4-3-5-9-14)19-20(22-12)15-10-6-7-11-16(15)21(19)24/h3-11H,1-2H3. The highest BCUT2D eigenvalue weighted by atomic mass is 16.1. The third kappa shape index (κ3) is 1.95. The number of aryl methyl sites for hydroxylation is 1. The quantitative estimate of drug-likeness (QED) is 0.513. The van der Waals surface area contributed by atoms with Gasteiger partial charge in [0.15, 0.2) is 11.6 Å². The van der Waals surface area contributed by atoms with E-state index in [-0.39, 0.29) is 11.6 Å². The van der Waals surface area contributed by atoms with E-state index in [0.29, 0.717) is 33.6 Å². The monoisotopic (exact) mass is 313 g/mol. The van der Waals surface area contributed by atoms with Crippen LogP contribution in [0, 0.1) is 6.92 Å². The van der Waals surface area contributed by atoms with Gasteiger partial charge in [-0.25, -0.2) is 0 Å². The first-order chi connectivity index (χ1) is 11.6. The number of ketones is 2. The maximum Gasteiger partial charge on any atom is 0.196 e. The molecular weight excluding hydrogens is 298 g/mol. The van der Waals surface area contributed by atoms with Gasteiger partial charge in [0.2, 0.25) is 0 Å². The largest absolute Gasteiger partial charge is 0.294 e. The third-order valence-electron chi connectivity index (χ3n) is 4.45. The average molecular weight is 313 g/mol. The molecular formula is C21H15NO2. The van der Waals surface area contributed by atoms with E-state index in [4.69, 9.17) is 0 Å². The number of aromatic nitrogens is 1. The molecule has 0 aliphatic heterocycles. The number of carbonyl (C=O) groups is 2. The van der Waals surface area contributed by atoms with Crippen LogP contribution in [0.3, 0.4) is 0 Å². The Morgan fingerprint density at radius 2 is 1.50 bits per heavy atom. The van der Waals surface area contributed by atoms with E-state index < -0.39 is 0 Å². The van der Waals surface area contributed by atoms with Gasteiger partial charge in [-0.05, 0) is 19.4 Å². The molecule has 0 bridgehead atoms. The summed E-state index contributed by atoms with van der Waals surface area (Å²) in [7, 11) is 0. The number of fused-ring (bicyclic) bond motifs is 3. The third-order valence-corrected chi connectivity index (χ3v) is 4.45. The summed E-state index contributed by atoms with van der Waals surface area (Å²) in [6.45, 7) is 3.35. The Bertz CT molecular complexity index is 1000. The zero-order chi connectivity index (χ0) is 16.8. The minimum Gasteiger partial charge on any atom is -0.294 e. The van der Waals surface area contributed by atoms with Crippen molar-refractivity contribution in [3.63, 3.8) is 0 Å². The fourth-order valence-electron chi connectivity index (χ4n) is 3.47. The van der Waals surface area contributed by atoms with Crippen molar-refractivity contribution in [1.29, 1.82) is 0 Å². The minimum absolute atomic E-state index is 0.0607. The normalized spacial score (nSPS) is 12.0. The topological polar surface area (TPSA) is 47.0 Å². The molecule has 0 saturated heterocycles. The Morgan fingerprint density at radius 1 is 0.875 bits per heavy atom. The molecule has 116 valence electrons. The van der Waals surface area contributed by atoms with Crippen LogP contribution in [0.25, 0.3) is 22.4 Å². The van der Waals surface area contributed by atoms with Crippen LogP contribution in [-0.4, -0.2) is 16.6 Å². The van der Waals surface area contributed by atoms with Crippen LogP contribution < -0.4 is 0 Å². The fourth-order valence-corrected chi connectivity index (χ4v) is 3.47. The summed E-state index contributed by atoms with van der Waals surface area (Å²) < 4.78 is 0. The highest BCUT2D eigenvalue weighted by Gasteiger charge is 2.33. The van der Waals surface area contributed by atoms with E-state index in [2.05, 4.69) is 4.98 Å². The van der Waals surface area contributed by atoms with Gasteiger partial charge in [0.05, 0.1) is 11.3 Å². The number of hydrogen-bond donors (Lipinski definition) is 0. The molecule has 24 heavy (non-hydrogen) atoms. The summed E-state index contributed by atoms with van der Waals surface area (Å²) in [5.41, 5.74) is 5.46. The van der Waals surface area contributed by atoms with Crippen molar-refractivity contribution in [2.45, 2.75) is 13.8 Å². The van der Waals surface area contributed by atoms with Crippen LogP contribution in [0.15, 0.2) is 54.6 Å². The van der Waals surface area contributed by atoms with Crippen LogP contribution in [0.1, 0.15) is 38.9 Å². The molecule has 2 aromatic carbocycles. The van der Waals surface area contributed by atoms with Crippen molar-refractivity contribution >= 4 is 11.6 Å². The van der Waals surface area contributed by atoms with Crippen molar-refractivity contribution < 1.29 is 9.59 Å². The van der Waals surface area contributed by atoms with Gasteiger partial charge in [-0.15, -0.1) is 0 Å². The molecule has 0 fully saturated rings. The Labute approximate surface area is 140 Å². The number of nitrogens with zero attached hydrogens (tertiary/aromatic N) is 1. The van der Waals surface area contributed by atoms with E-state index in [1.54, 1.807) is 0 Å². The predicted octanol–water partition coefficient (Wildman–Crippen LogP) is 4.47. The molecule has 3 nitrogen and oxygen atoms in total. The number of rotatable bonds is 2. The van der Waals surface area contributed by atoms with Crippen molar-refractivity contribution in [2.75, 3.05) is 0 Å². The minimum atomic E-state index is -0.0783. The Kier molecular flexibility index (Phi) is 3.17. The molecule has 1 aliphatic carbocycles. The van der Waals surface area contributed by atoms with Gasteiger partial charge in [0, 0.05) is 27.9 Å². The highest BCUT2D eigenvalue weighted by molar-refractivity contribution is 6.25. The molecule has 4 rings (SSSR count). The maximum atomic E-state index is 13.0. The number of carbonyl (C=O) groups excluding carboxylic acids is 2. The molecule has 3 aromatic rings. The van der Waals surface area contributed by atoms with Gasteiger partial charge in [-0.3, -0.25) is 14.6 Å². The van der Waals surface area contributed by atoms with Crippen molar-refractivity contribution in [3.05, 3.63) is 77.0 Å². The highest BCUT2D eigenvalue weighted by Crippen LogP contribution is 2.42. The Balaban J connectivity index is 2.15. The summed E-state index contributed by atoms with van der Waals surface area (Å²) >= 11 is 0. The van der Waals surface area contributed by atoms with Gasteiger partial charge >= 0.3 is 0 Å². The molecule has 0 radical (unpaired) electrons. The van der Waals surface area contributed by atoms with Crippen LogP contribution >= 0.6 is 0 Å². The molecule has 3 heteroatoms. The zero-order valence-corrected chi connectivity index (χ0v) is 13.5. The predicted molar refractivity (Wildman–Crippen MR) is 93.3 cm³/mol. The van der Waals surface area contributed by atoms with Crippen LogP contribution in [-0.2, 0) is 0 Å². The summed E-state index contributed by atoms with van der Waals surface area (Å²) in [6.07, 6.45) is 0. The van der Waals surface area contributed by atoms with Gasteiger partial charge in [0.1, 0.15) is 0 Å². The lowest BCUT2D eigenvalue weighted by Gasteiger charge is -2.14. The van der Waals surface area contributed by atoms with E-state index in [1.165, 1.54) is 6.92 Å². The first-order valence-electron chi connectivity index (χ1n) is 7.84. The van der Waals surface area contributed by atoms with E-state index in [1.807, 2.05) is 61.5 Å². The van der Waals surface area contributed by atoms with Crippen LogP contribution in [0.4, 0.5) is 0 Å². The lowest BCUT2D eigenvalue weighted by Crippen LogP contribution is -2.09. The van der Waals surface area contributed by atoms with E-state index >= 15 is 0 Å². The van der Waals surface area contributed by atoms with Crippen molar-refractivity contribution in [2.24, 2.45) is 0 Å².